The summed E-state index contributed by atoms with van der Waals surface area (Å²) in [6.45, 7) is 2.70. The fraction of sp³-hybridized carbons (Fsp3) is 0.556. The molecule has 0 amide bonds. The number of benzene rings is 1. The van der Waals surface area contributed by atoms with Gasteiger partial charge in [-0.1, -0.05) is 12.1 Å². The smallest absolute Gasteiger partial charge is 0.181 e. The van der Waals surface area contributed by atoms with Crippen LogP contribution >= 0.6 is 11.3 Å². The van der Waals surface area contributed by atoms with E-state index in [1.54, 1.807) is 17.4 Å². The molecule has 2 saturated carbocycles. The number of nitrogens with two attached hydrogens (primary N) is 2. The molecule has 0 bridgehead atoms. The lowest BCUT2D eigenvalue weighted by molar-refractivity contribution is -0.0404. The minimum atomic E-state index is -3.47. The number of sulfone groups is 1. The van der Waals surface area contributed by atoms with Crippen LogP contribution in [-0.4, -0.2) is 41.1 Å². The van der Waals surface area contributed by atoms with Crippen molar-refractivity contribution in [3.05, 3.63) is 35.1 Å². The summed E-state index contributed by atoms with van der Waals surface area (Å²) in [6.07, 6.45) is 10.1. The van der Waals surface area contributed by atoms with Crippen molar-refractivity contribution in [2.75, 3.05) is 12.3 Å². The van der Waals surface area contributed by atoms with E-state index in [1.807, 2.05) is 29.9 Å². The molecule has 1 atom stereocenters. The maximum atomic E-state index is 13.6. The monoisotopic (exact) mass is 541 g/mol. The minimum Gasteiger partial charge on any atom is -0.382 e. The molecule has 37 heavy (non-hydrogen) atoms. The lowest BCUT2D eigenvalue weighted by Crippen LogP contribution is -2.25. The second-order valence-electron chi connectivity index (χ2n) is 10.7. The van der Waals surface area contributed by atoms with E-state index in [2.05, 4.69) is 5.10 Å². The number of nitrogens with zero attached hydrogens (tertiary/aromatic N) is 3. The number of ether oxygens (including phenoxy) is 1. The van der Waals surface area contributed by atoms with Crippen LogP contribution in [0.2, 0.25) is 0 Å². The van der Waals surface area contributed by atoms with Crippen LogP contribution in [-0.2, 0) is 14.6 Å². The Morgan fingerprint density at radius 2 is 1.84 bits per heavy atom. The molecule has 3 fully saturated rings. The molecule has 1 unspecified atom stereocenters. The first-order chi connectivity index (χ1) is 17.8. The number of aromatic nitrogens is 3. The highest BCUT2D eigenvalue weighted by Gasteiger charge is 2.39. The highest BCUT2D eigenvalue weighted by molar-refractivity contribution is 7.92. The first-order valence-electron chi connectivity index (χ1n) is 13.4. The third kappa shape index (κ3) is 4.62. The second kappa shape index (κ2) is 9.80. The van der Waals surface area contributed by atoms with E-state index in [-0.39, 0.29) is 17.5 Å². The van der Waals surface area contributed by atoms with Gasteiger partial charge < -0.3 is 16.2 Å². The van der Waals surface area contributed by atoms with Gasteiger partial charge in [0.1, 0.15) is 0 Å². The second-order valence-corrected chi connectivity index (χ2v) is 14.0. The third-order valence-corrected chi connectivity index (χ3v) is 11.5. The van der Waals surface area contributed by atoms with E-state index < -0.39 is 9.84 Å². The molecule has 0 radical (unpaired) electrons. The molecule has 3 aromatic rings. The Bertz CT molecular complexity index is 1400. The maximum absolute atomic E-state index is 13.6. The van der Waals surface area contributed by atoms with Gasteiger partial charge in [-0.25, -0.2) is 18.1 Å². The van der Waals surface area contributed by atoms with Crippen LogP contribution in [0.5, 0.6) is 0 Å². The van der Waals surface area contributed by atoms with Crippen molar-refractivity contribution < 1.29 is 13.2 Å². The average Bonchev–Trinajstić information content (AvgIpc) is 3.59. The SMILES string of the molecule is Cc1c(-c2cccc(S(=O)(=O)C3CC3)c2-c2cnc(C3CCC(N)CC3)s2)c(N)nn1C1CCCCO1. The van der Waals surface area contributed by atoms with Crippen molar-refractivity contribution in [3.8, 4) is 21.6 Å². The minimum absolute atomic E-state index is 0.153. The first kappa shape index (κ1) is 25.0. The van der Waals surface area contributed by atoms with Gasteiger partial charge in [0.2, 0.25) is 0 Å². The van der Waals surface area contributed by atoms with Crippen LogP contribution in [0, 0.1) is 6.92 Å². The van der Waals surface area contributed by atoms with Gasteiger partial charge in [0, 0.05) is 41.6 Å². The lowest BCUT2D eigenvalue weighted by atomic mass is 9.87. The van der Waals surface area contributed by atoms with Gasteiger partial charge in [0.15, 0.2) is 21.9 Å². The average molecular weight is 542 g/mol. The normalized spacial score (nSPS) is 24.9. The topological polar surface area (TPSA) is 126 Å². The van der Waals surface area contributed by atoms with Crippen molar-refractivity contribution in [1.29, 1.82) is 0 Å². The van der Waals surface area contributed by atoms with Crippen molar-refractivity contribution in [3.63, 3.8) is 0 Å². The lowest BCUT2D eigenvalue weighted by Gasteiger charge is -2.24. The Kier molecular flexibility index (Phi) is 6.63. The Labute approximate surface area is 222 Å². The standard InChI is InChI=1S/C27H35N5O3S2/c1-16-24(26(29)31-32(16)23-7-2-3-14-35-23)20-5-4-6-22(37(33,34)19-12-13-19)25(20)21-15-30-27(36-21)17-8-10-18(28)11-9-17/h4-6,15,17-19,23H,2-3,7-14,28H2,1H3,(H2,29,31). The Balaban J connectivity index is 1.48. The van der Waals surface area contributed by atoms with Crippen molar-refractivity contribution >= 4 is 27.0 Å². The van der Waals surface area contributed by atoms with E-state index in [0.29, 0.717) is 41.6 Å². The predicted molar refractivity (Wildman–Crippen MR) is 146 cm³/mol. The molecule has 2 aromatic heterocycles. The molecule has 6 rings (SSSR count). The van der Waals surface area contributed by atoms with Gasteiger partial charge in [0.05, 0.1) is 20.0 Å². The van der Waals surface area contributed by atoms with Crippen molar-refractivity contribution in [1.82, 2.24) is 14.8 Å². The summed E-state index contributed by atoms with van der Waals surface area (Å²) in [5.41, 5.74) is 15.8. The molecule has 10 heteroatoms. The molecule has 1 aromatic carbocycles. The molecule has 0 spiro atoms. The summed E-state index contributed by atoms with van der Waals surface area (Å²) in [7, 11) is -3.47. The summed E-state index contributed by atoms with van der Waals surface area (Å²) >= 11 is 1.60. The maximum Gasteiger partial charge on any atom is 0.181 e. The van der Waals surface area contributed by atoms with Gasteiger partial charge in [-0.2, -0.15) is 5.10 Å². The Morgan fingerprint density at radius 1 is 1.05 bits per heavy atom. The van der Waals surface area contributed by atoms with E-state index in [1.165, 1.54) is 0 Å². The highest BCUT2D eigenvalue weighted by atomic mass is 32.2. The number of rotatable bonds is 6. The molecular weight excluding hydrogens is 506 g/mol. The van der Waals surface area contributed by atoms with Crippen LogP contribution in [0.3, 0.4) is 0 Å². The van der Waals surface area contributed by atoms with Crippen LogP contribution in [0.15, 0.2) is 29.3 Å². The van der Waals surface area contributed by atoms with Crippen LogP contribution in [0.4, 0.5) is 5.82 Å². The van der Waals surface area contributed by atoms with E-state index in [4.69, 9.17) is 21.2 Å². The van der Waals surface area contributed by atoms with Gasteiger partial charge >= 0.3 is 0 Å². The fourth-order valence-electron chi connectivity index (χ4n) is 5.82. The Morgan fingerprint density at radius 3 is 2.54 bits per heavy atom. The number of nitrogen functional groups attached to an aromatic ring is 1. The van der Waals surface area contributed by atoms with E-state index in [9.17, 15) is 8.42 Å². The zero-order valence-electron chi connectivity index (χ0n) is 21.2. The summed E-state index contributed by atoms with van der Waals surface area (Å²) in [5.74, 6) is 0.757. The Hall–Kier alpha value is -2.27. The van der Waals surface area contributed by atoms with Crippen molar-refractivity contribution in [2.45, 2.75) is 93.0 Å². The van der Waals surface area contributed by atoms with E-state index in [0.717, 1.165) is 71.7 Å². The van der Waals surface area contributed by atoms with Gasteiger partial charge in [-0.05, 0) is 76.3 Å². The largest absolute Gasteiger partial charge is 0.382 e. The van der Waals surface area contributed by atoms with Gasteiger partial charge in [-0.3, -0.25) is 0 Å². The molecule has 8 nitrogen and oxygen atoms in total. The first-order valence-corrected chi connectivity index (χ1v) is 15.8. The molecular formula is C27H35N5O3S2. The molecule has 3 heterocycles. The summed E-state index contributed by atoms with van der Waals surface area (Å²) in [6, 6.07) is 5.80. The number of thiazole rings is 1. The van der Waals surface area contributed by atoms with Crippen LogP contribution < -0.4 is 11.5 Å². The molecule has 1 saturated heterocycles. The molecule has 198 valence electrons. The summed E-state index contributed by atoms with van der Waals surface area (Å²) in [4.78, 5) is 6.02. The molecule has 4 N–H and O–H groups in total. The van der Waals surface area contributed by atoms with Crippen LogP contribution in [0.25, 0.3) is 21.6 Å². The zero-order chi connectivity index (χ0) is 25.7. The summed E-state index contributed by atoms with van der Waals surface area (Å²) in [5, 5.41) is 5.41. The van der Waals surface area contributed by atoms with Crippen LogP contribution in [0.1, 0.15) is 80.6 Å². The highest BCUT2D eigenvalue weighted by Crippen LogP contribution is 2.47. The zero-order valence-corrected chi connectivity index (χ0v) is 22.9. The third-order valence-electron chi connectivity index (χ3n) is 8.06. The van der Waals surface area contributed by atoms with Gasteiger partial charge in [0.25, 0.3) is 0 Å². The summed E-state index contributed by atoms with van der Waals surface area (Å²) < 4.78 is 35.1. The fourth-order valence-corrected chi connectivity index (χ4v) is 8.93. The molecule has 3 aliphatic rings. The number of hydrogen-bond acceptors (Lipinski definition) is 8. The molecule has 2 aliphatic carbocycles. The quantitative estimate of drug-likeness (QED) is 0.440. The van der Waals surface area contributed by atoms with Crippen molar-refractivity contribution in [2.24, 2.45) is 5.73 Å². The predicted octanol–water partition coefficient (Wildman–Crippen LogP) is 5.18. The molecule has 1 aliphatic heterocycles. The van der Waals surface area contributed by atoms with E-state index >= 15 is 0 Å². The van der Waals surface area contributed by atoms with Gasteiger partial charge in [-0.15, -0.1) is 11.3 Å². The number of hydrogen-bond donors (Lipinski definition) is 2. The number of anilines is 1.